The highest BCUT2D eigenvalue weighted by molar-refractivity contribution is 5.95. The summed E-state index contributed by atoms with van der Waals surface area (Å²) in [5, 5.41) is 8.78. The van der Waals surface area contributed by atoms with E-state index in [1.165, 1.54) is 0 Å². The standard InChI is InChI=1S/C15H19NO5/c1-10(2)16(6-5-14(17)18)15(19)11-3-4-12-13(9-11)21-8-7-20-12/h3-4,9-10H,5-8H2,1-2H3,(H,17,18). The number of carbonyl (C=O) groups excluding carboxylic acids is 1. The fourth-order valence-corrected chi connectivity index (χ4v) is 2.15. The molecular weight excluding hydrogens is 274 g/mol. The van der Waals surface area contributed by atoms with Crippen molar-refractivity contribution in [2.24, 2.45) is 0 Å². The average molecular weight is 293 g/mol. The Labute approximate surface area is 123 Å². The molecule has 1 heterocycles. The van der Waals surface area contributed by atoms with E-state index in [9.17, 15) is 9.59 Å². The number of fused-ring (bicyclic) bond motifs is 1. The molecule has 0 bridgehead atoms. The first-order chi connectivity index (χ1) is 9.99. The van der Waals surface area contributed by atoms with Crippen LogP contribution in [0.2, 0.25) is 0 Å². The molecule has 0 atom stereocenters. The van der Waals surface area contributed by atoms with Gasteiger partial charge in [-0.1, -0.05) is 0 Å². The summed E-state index contributed by atoms with van der Waals surface area (Å²) in [5.41, 5.74) is 0.471. The van der Waals surface area contributed by atoms with Crippen LogP contribution in [-0.4, -0.2) is 47.7 Å². The van der Waals surface area contributed by atoms with Crippen molar-refractivity contribution in [2.75, 3.05) is 19.8 Å². The van der Waals surface area contributed by atoms with Crippen molar-refractivity contribution in [2.45, 2.75) is 26.3 Å². The number of carbonyl (C=O) groups is 2. The van der Waals surface area contributed by atoms with Crippen LogP contribution < -0.4 is 9.47 Å². The number of benzene rings is 1. The minimum absolute atomic E-state index is 0.0749. The van der Waals surface area contributed by atoms with Gasteiger partial charge in [0.05, 0.1) is 6.42 Å². The van der Waals surface area contributed by atoms with Gasteiger partial charge in [-0.25, -0.2) is 0 Å². The van der Waals surface area contributed by atoms with Crippen LogP contribution in [0, 0.1) is 0 Å². The first kappa shape index (κ1) is 15.2. The molecule has 0 fully saturated rings. The normalized spacial score (nSPS) is 13.1. The number of aliphatic carboxylic acids is 1. The van der Waals surface area contributed by atoms with Crippen LogP contribution in [0.5, 0.6) is 11.5 Å². The number of nitrogens with zero attached hydrogens (tertiary/aromatic N) is 1. The Kier molecular flexibility index (Phi) is 4.67. The molecule has 6 nitrogen and oxygen atoms in total. The van der Waals surface area contributed by atoms with Crippen molar-refractivity contribution < 1.29 is 24.2 Å². The molecule has 2 rings (SSSR count). The molecule has 0 saturated carbocycles. The Morgan fingerprint density at radius 1 is 1.24 bits per heavy atom. The summed E-state index contributed by atoms with van der Waals surface area (Å²) in [7, 11) is 0. The topological polar surface area (TPSA) is 76.1 Å². The molecule has 0 aliphatic carbocycles. The molecule has 1 aromatic carbocycles. The van der Waals surface area contributed by atoms with Crippen molar-refractivity contribution in [1.82, 2.24) is 4.90 Å². The number of carboxylic acid groups (broad SMARTS) is 1. The van der Waals surface area contributed by atoms with Crippen molar-refractivity contribution in [3.63, 3.8) is 0 Å². The molecule has 6 heteroatoms. The first-order valence-electron chi connectivity index (χ1n) is 6.91. The zero-order valence-electron chi connectivity index (χ0n) is 12.2. The molecule has 1 amide bonds. The molecule has 1 aliphatic rings. The van der Waals surface area contributed by atoms with Crippen molar-refractivity contribution in [1.29, 1.82) is 0 Å². The van der Waals surface area contributed by atoms with Gasteiger partial charge in [0.1, 0.15) is 13.2 Å². The second kappa shape index (κ2) is 6.47. The zero-order valence-corrected chi connectivity index (χ0v) is 12.2. The van der Waals surface area contributed by atoms with Gasteiger partial charge in [0.15, 0.2) is 11.5 Å². The predicted octanol–water partition coefficient (Wildman–Crippen LogP) is 1.78. The fourth-order valence-electron chi connectivity index (χ4n) is 2.15. The van der Waals surface area contributed by atoms with Gasteiger partial charge in [-0.15, -0.1) is 0 Å². The zero-order chi connectivity index (χ0) is 15.4. The lowest BCUT2D eigenvalue weighted by molar-refractivity contribution is -0.137. The number of rotatable bonds is 5. The minimum atomic E-state index is -0.921. The second-order valence-corrected chi connectivity index (χ2v) is 5.09. The van der Waals surface area contributed by atoms with E-state index in [2.05, 4.69) is 0 Å². The van der Waals surface area contributed by atoms with E-state index in [1.54, 1.807) is 23.1 Å². The molecule has 0 saturated heterocycles. The van der Waals surface area contributed by atoms with E-state index in [0.29, 0.717) is 30.3 Å². The van der Waals surface area contributed by atoms with Crippen molar-refractivity contribution in [3.05, 3.63) is 23.8 Å². The summed E-state index contributed by atoms with van der Waals surface area (Å²) in [5.74, 6) is 0.0484. The maximum atomic E-state index is 12.5. The van der Waals surface area contributed by atoms with Gasteiger partial charge in [0.2, 0.25) is 0 Å². The SMILES string of the molecule is CC(C)N(CCC(=O)O)C(=O)c1ccc2c(c1)OCCO2. The molecule has 1 aliphatic heterocycles. The third-order valence-corrected chi connectivity index (χ3v) is 3.24. The quantitative estimate of drug-likeness (QED) is 0.895. The summed E-state index contributed by atoms with van der Waals surface area (Å²) < 4.78 is 10.9. The lowest BCUT2D eigenvalue weighted by Crippen LogP contribution is -2.38. The Hall–Kier alpha value is -2.24. The van der Waals surface area contributed by atoms with Crippen LogP contribution in [0.25, 0.3) is 0 Å². The Morgan fingerprint density at radius 3 is 2.52 bits per heavy atom. The molecule has 114 valence electrons. The highest BCUT2D eigenvalue weighted by Gasteiger charge is 2.22. The third kappa shape index (κ3) is 3.65. The lowest BCUT2D eigenvalue weighted by Gasteiger charge is -2.27. The average Bonchev–Trinajstić information content (AvgIpc) is 2.46. The maximum Gasteiger partial charge on any atom is 0.305 e. The first-order valence-corrected chi connectivity index (χ1v) is 6.91. The summed E-state index contributed by atoms with van der Waals surface area (Å²) in [4.78, 5) is 24.8. The molecule has 0 aromatic heterocycles. The smallest absolute Gasteiger partial charge is 0.305 e. The Bertz CT molecular complexity index is 541. The van der Waals surface area contributed by atoms with E-state index in [0.717, 1.165) is 0 Å². The second-order valence-electron chi connectivity index (χ2n) is 5.09. The largest absolute Gasteiger partial charge is 0.486 e. The number of hydrogen-bond donors (Lipinski definition) is 1. The Balaban J connectivity index is 2.18. The Morgan fingerprint density at radius 2 is 1.90 bits per heavy atom. The van der Waals surface area contributed by atoms with Crippen LogP contribution in [0.1, 0.15) is 30.6 Å². The number of carboxylic acids is 1. The van der Waals surface area contributed by atoms with Crippen LogP contribution >= 0.6 is 0 Å². The number of amides is 1. The summed E-state index contributed by atoms with van der Waals surface area (Å²) >= 11 is 0. The molecule has 0 radical (unpaired) electrons. The lowest BCUT2D eigenvalue weighted by atomic mass is 10.1. The highest BCUT2D eigenvalue weighted by atomic mass is 16.6. The van der Waals surface area contributed by atoms with E-state index in [4.69, 9.17) is 14.6 Å². The molecule has 0 unspecified atom stereocenters. The van der Waals surface area contributed by atoms with Gasteiger partial charge >= 0.3 is 5.97 Å². The van der Waals surface area contributed by atoms with Gasteiger partial charge in [0.25, 0.3) is 5.91 Å². The third-order valence-electron chi connectivity index (χ3n) is 3.24. The van der Waals surface area contributed by atoms with Crippen molar-refractivity contribution >= 4 is 11.9 Å². The molecule has 1 aromatic rings. The van der Waals surface area contributed by atoms with E-state index < -0.39 is 5.97 Å². The fraction of sp³-hybridized carbons (Fsp3) is 0.467. The summed E-state index contributed by atoms with van der Waals surface area (Å²) in [6, 6.07) is 4.95. The van der Waals surface area contributed by atoms with Gasteiger partial charge in [0, 0.05) is 18.2 Å². The van der Waals surface area contributed by atoms with Gasteiger partial charge in [-0.3, -0.25) is 9.59 Å². The van der Waals surface area contributed by atoms with Crippen LogP contribution in [0.15, 0.2) is 18.2 Å². The monoisotopic (exact) mass is 293 g/mol. The van der Waals surface area contributed by atoms with E-state index in [-0.39, 0.29) is 24.9 Å². The van der Waals surface area contributed by atoms with Gasteiger partial charge in [-0.05, 0) is 32.0 Å². The molecule has 21 heavy (non-hydrogen) atoms. The summed E-state index contributed by atoms with van der Waals surface area (Å²) in [6.45, 7) is 4.85. The van der Waals surface area contributed by atoms with Crippen LogP contribution in [0.3, 0.4) is 0 Å². The van der Waals surface area contributed by atoms with Crippen LogP contribution in [0.4, 0.5) is 0 Å². The van der Waals surface area contributed by atoms with E-state index >= 15 is 0 Å². The number of hydrogen-bond acceptors (Lipinski definition) is 4. The van der Waals surface area contributed by atoms with Crippen molar-refractivity contribution in [3.8, 4) is 11.5 Å². The van der Waals surface area contributed by atoms with Crippen LogP contribution in [-0.2, 0) is 4.79 Å². The molecular formula is C15H19NO5. The number of ether oxygens (including phenoxy) is 2. The maximum absolute atomic E-state index is 12.5. The predicted molar refractivity (Wildman–Crippen MR) is 75.9 cm³/mol. The van der Waals surface area contributed by atoms with Gasteiger partial charge < -0.3 is 19.5 Å². The van der Waals surface area contributed by atoms with Gasteiger partial charge in [-0.2, -0.15) is 0 Å². The highest BCUT2D eigenvalue weighted by Crippen LogP contribution is 2.31. The molecule has 0 spiro atoms. The van der Waals surface area contributed by atoms with E-state index in [1.807, 2.05) is 13.8 Å². The molecule has 1 N–H and O–H groups in total. The summed E-state index contributed by atoms with van der Waals surface area (Å²) in [6.07, 6.45) is -0.0749. The minimum Gasteiger partial charge on any atom is -0.486 e.